The quantitative estimate of drug-likeness (QED) is 0.697. The van der Waals surface area contributed by atoms with Crippen molar-refractivity contribution in [2.24, 2.45) is 11.8 Å². The molecule has 2 atom stereocenters. The van der Waals surface area contributed by atoms with Crippen LogP contribution in [0.25, 0.3) is 0 Å². The lowest BCUT2D eigenvalue weighted by Gasteiger charge is -2.44. The standard InChI is InChI=1S/C13H25NO/c1-10-3-6-13(15,7-4-10)12-9-11(2)5-8-14-12/h10-12,14-15H,3-9H2,1-2H3. The molecule has 0 bridgehead atoms. The fourth-order valence-electron chi connectivity index (χ4n) is 3.13. The summed E-state index contributed by atoms with van der Waals surface area (Å²) in [6, 6.07) is 0.355. The molecular weight excluding hydrogens is 186 g/mol. The normalized spacial score (nSPS) is 47.8. The van der Waals surface area contributed by atoms with E-state index in [4.69, 9.17) is 0 Å². The fraction of sp³-hybridized carbons (Fsp3) is 1.00. The lowest BCUT2D eigenvalue weighted by molar-refractivity contribution is -0.0509. The summed E-state index contributed by atoms with van der Waals surface area (Å²) in [5.41, 5.74) is -0.402. The monoisotopic (exact) mass is 211 g/mol. The third kappa shape index (κ3) is 2.54. The first-order chi connectivity index (χ1) is 7.10. The van der Waals surface area contributed by atoms with Gasteiger partial charge in [0.15, 0.2) is 0 Å². The minimum atomic E-state index is -0.402. The van der Waals surface area contributed by atoms with Crippen molar-refractivity contribution in [3.8, 4) is 0 Å². The van der Waals surface area contributed by atoms with Gasteiger partial charge in [-0.3, -0.25) is 0 Å². The number of piperidine rings is 1. The Labute approximate surface area is 93.5 Å². The molecule has 2 heteroatoms. The minimum absolute atomic E-state index is 0.355. The summed E-state index contributed by atoms with van der Waals surface area (Å²) in [5, 5.41) is 14.2. The van der Waals surface area contributed by atoms with Crippen molar-refractivity contribution in [2.45, 2.75) is 64.0 Å². The summed E-state index contributed by atoms with van der Waals surface area (Å²) in [6.07, 6.45) is 6.82. The molecule has 0 amide bonds. The van der Waals surface area contributed by atoms with Crippen LogP contribution in [0.5, 0.6) is 0 Å². The van der Waals surface area contributed by atoms with Crippen LogP contribution in [0.3, 0.4) is 0 Å². The molecule has 1 aliphatic carbocycles. The molecule has 0 aromatic carbocycles. The average Bonchev–Trinajstić information content (AvgIpc) is 2.23. The van der Waals surface area contributed by atoms with Crippen molar-refractivity contribution in [2.75, 3.05) is 6.54 Å². The van der Waals surface area contributed by atoms with Crippen LogP contribution in [0.4, 0.5) is 0 Å². The van der Waals surface area contributed by atoms with Gasteiger partial charge in [-0.25, -0.2) is 0 Å². The second kappa shape index (κ2) is 4.42. The van der Waals surface area contributed by atoms with Crippen LogP contribution in [0.1, 0.15) is 52.4 Å². The summed E-state index contributed by atoms with van der Waals surface area (Å²) < 4.78 is 0. The molecule has 0 radical (unpaired) electrons. The first-order valence-corrected chi connectivity index (χ1v) is 6.56. The van der Waals surface area contributed by atoms with Gasteiger partial charge < -0.3 is 10.4 Å². The molecule has 0 spiro atoms. The van der Waals surface area contributed by atoms with Crippen LogP contribution in [-0.2, 0) is 0 Å². The van der Waals surface area contributed by atoms with Gasteiger partial charge in [-0.15, -0.1) is 0 Å². The highest BCUT2D eigenvalue weighted by atomic mass is 16.3. The van der Waals surface area contributed by atoms with Crippen molar-refractivity contribution in [3.63, 3.8) is 0 Å². The molecule has 1 aliphatic heterocycles. The molecule has 0 aromatic heterocycles. The molecule has 2 rings (SSSR count). The van der Waals surface area contributed by atoms with Gasteiger partial charge in [-0.1, -0.05) is 13.8 Å². The number of nitrogens with one attached hydrogen (secondary N) is 1. The van der Waals surface area contributed by atoms with Crippen LogP contribution in [0, 0.1) is 11.8 Å². The number of hydrogen-bond acceptors (Lipinski definition) is 2. The molecule has 88 valence electrons. The first-order valence-electron chi connectivity index (χ1n) is 6.56. The lowest BCUT2D eigenvalue weighted by atomic mass is 9.72. The Hall–Kier alpha value is -0.0800. The largest absolute Gasteiger partial charge is 0.388 e. The van der Waals surface area contributed by atoms with Gasteiger partial charge in [0.2, 0.25) is 0 Å². The Morgan fingerprint density at radius 2 is 1.73 bits per heavy atom. The van der Waals surface area contributed by atoms with Crippen LogP contribution in [-0.4, -0.2) is 23.3 Å². The summed E-state index contributed by atoms with van der Waals surface area (Å²) >= 11 is 0. The fourth-order valence-corrected chi connectivity index (χ4v) is 3.13. The Bertz CT molecular complexity index is 209. The summed E-state index contributed by atoms with van der Waals surface area (Å²) in [7, 11) is 0. The van der Waals surface area contributed by atoms with E-state index in [2.05, 4.69) is 19.2 Å². The minimum Gasteiger partial charge on any atom is -0.388 e. The Morgan fingerprint density at radius 1 is 1.07 bits per heavy atom. The predicted octanol–water partition coefficient (Wildman–Crippen LogP) is 2.32. The van der Waals surface area contributed by atoms with E-state index >= 15 is 0 Å². The molecule has 1 heterocycles. The lowest BCUT2D eigenvalue weighted by Crippen LogP contribution is -2.55. The van der Waals surface area contributed by atoms with E-state index in [1.807, 2.05) is 0 Å². The molecular formula is C13H25NO. The molecule has 2 aliphatic rings. The molecule has 2 N–H and O–H groups in total. The van der Waals surface area contributed by atoms with E-state index in [9.17, 15) is 5.11 Å². The van der Waals surface area contributed by atoms with E-state index < -0.39 is 5.60 Å². The second-order valence-corrected chi connectivity index (χ2v) is 5.92. The van der Waals surface area contributed by atoms with Gasteiger partial charge in [-0.2, -0.15) is 0 Å². The SMILES string of the molecule is CC1CCC(O)(C2CC(C)CCN2)CC1. The number of aliphatic hydroxyl groups is 1. The van der Waals surface area contributed by atoms with E-state index in [-0.39, 0.29) is 0 Å². The van der Waals surface area contributed by atoms with Gasteiger partial charge in [0.05, 0.1) is 5.60 Å². The van der Waals surface area contributed by atoms with Crippen LogP contribution in [0.15, 0.2) is 0 Å². The smallest absolute Gasteiger partial charge is 0.0800 e. The molecule has 1 saturated carbocycles. The number of rotatable bonds is 1. The van der Waals surface area contributed by atoms with Crippen molar-refractivity contribution in [1.82, 2.24) is 5.32 Å². The first kappa shape index (κ1) is 11.4. The maximum atomic E-state index is 10.7. The molecule has 1 saturated heterocycles. The molecule has 2 unspecified atom stereocenters. The molecule has 2 fully saturated rings. The Balaban J connectivity index is 1.95. The van der Waals surface area contributed by atoms with E-state index in [0.717, 1.165) is 37.6 Å². The topological polar surface area (TPSA) is 32.3 Å². The number of hydrogen-bond donors (Lipinski definition) is 2. The Kier molecular flexibility index (Phi) is 3.36. The zero-order chi connectivity index (χ0) is 10.9. The van der Waals surface area contributed by atoms with Crippen molar-refractivity contribution >= 4 is 0 Å². The van der Waals surface area contributed by atoms with Crippen molar-refractivity contribution < 1.29 is 5.11 Å². The van der Waals surface area contributed by atoms with E-state index in [0.29, 0.717) is 6.04 Å². The van der Waals surface area contributed by atoms with E-state index in [1.54, 1.807) is 0 Å². The summed E-state index contributed by atoms with van der Waals surface area (Å²) in [6.45, 7) is 5.70. The molecule has 2 nitrogen and oxygen atoms in total. The van der Waals surface area contributed by atoms with E-state index in [1.165, 1.54) is 19.3 Å². The van der Waals surface area contributed by atoms with Crippen LogP contribution >= 0.6 is 0 Å². The van der Waals surface area contributed by atoms with Crippen LogP contribution < -0.4 is 5.32 Å². The summed E-state index contributed by atoms with van der Waals surface area (Å²) in [5.74, 6) is 1.59. The highest BCUT2D eigenvalue weighted by Crippen LogP contribution is 2.37. The van der Waals surface area contributed by atoms with Crippen molar-refractivity contribution in [1.29, 1.82) is 0 Å². The zero-order valence-electron chi connectivity index (χ0n) is 10.1. The summed E-state index contributed by atoms with van der Waals surface area (Å²) in [4.78, 5) is 0. The average molecular weight is 211 g/mol. The van der Waals surface area contributed by atoms with Gasteiger partial charge in [0, 0.05) is 6.04 Å². The highest BCUT2D eigenvalue weighted by Gasteiger charge is 2.40. The predicted molar refractivity (Wildman–Crippen MR) is 62.8 cm³/mol. The maximum Gasteiger partial charge on any atom is 0.0800 e. The van der Waals surface area contributed by atoms with Gasteiger partial charge >= 0.3 is 0 Å². The van der Waals surface area contributed by atoms with Crippen LogP contribution in [0.2, 0.25) is 0 Å². The third-order valence-corrected chi connectivity index (χ3v) is 4.45. The van der Waals surface area contributed by atoms with Gasteiger partial charge in [0.1, 0.15) is 0 Å². The highest BCUT2D eigenvalue weighted by molar-refractivity contribution is 4.97. The zero-order valence-corrected chi connectivity index (χ0v) is 10.1. The third-order valence-electron chi connectivity index (χ3n) is 4.45. The Morgan fingerprint density at radius 3 is 2.33 bits per heavy atom. The maximum absolute atomic E-state index is 10.7. The molecule has 15 heavy (non-hydrogen) atoms. The van der Waals surface area contributed by atoms with Crippen molar-refractivity contribution in [3.05, 3.63) is 0 Å². The van der Waals surface area contributed by atoms with Gasteiger partial charge in [0.25, 0.3) is 0 Å². The van der Waals surface area contributed by atoms with Gasteiger partial charge in [-0.05, 0) is 56.9 Å². The second-order valence-electron chi connectivity index (χ2n) is 5.92. The molecule has 0 aromatic rings.